The minimum absolute atomic E-state index is 0.0787. The van der Waals surface area contributed by atoms with E-state index < -0.39 is 5.54 Å². The van der Waals surface area contributed by atoms with Crippen LogP contribution in [-0.4, -0.2) is 57.6 Å². The fourth-order valence-corrected chi connectivity index (χ4v) is 3.66. The van der Waals surface area contributed by atoms with Crippen molar-refractivity contribution in [3.63, 3.8) is 0 Å². The molecular weight excluding hydrogens is 294 g/mol. The first-order chi connectivity index (χ1) is 11.0. The summed E-state index contributed by atoms with van der Waals surface area (Å²) in [6.07, 6.45) is 4.97. The Morgan fingerprint density at radius 1 is 1.22 bits per heavy atom. The van der Waals surface area contributed by atoms with Gasteiger partial charge in [-0.25, -0.2) is 0 Å². The van der Waals surface area contributed by atoms with E-state index in [1.165, 1.54) is 6.42 Å². The van der Waals surface area contributed by atoms with E-state index in [2.05, 4.69) is 22.0 Å². The van der Waals surface area contributed by atoms with Gasteiger partial charge in [0.1, 0.15) is 0 Å². The normalized spacial score (nSPS) is 23.7. The molecule has 1 saturated carbocycles. The Hall–Kier alpha value is -1.47. The highest BCUT2D eigenvalue weighted by atomic mass is 16.5. The first kappa shape index (κ1) is 16.4. The topological polar surface area (TPSA) is 88.5 Å². The predicted molar refractivity (Wildman–Crippen MR) is 85.6 cm³/mol. The second kappa shape index (κ2) is 6.57. The minimum Gasteiger partial charge on any atom is -0.339 e. The van der Waals surface area contributed by atoms with Crippen molar-refractivity contribution in [3.8, 4) is 0 Å². The van der Waals surface area contributed by atoms with Crippen molar-refractivity contribution in [2.75, 3.05) is 26.2 Å². The first-order valence-electron chi connectivity index (χ1n) is 8.62. The van der Waals surface area contributed by atoms with Gasteiger partial charge in [0.2, 0.25) is 11.8 Å². The van der Waals surface area contributed by atoms with E-state index >= 15 is 0 Å². The Bertz CT molecular complexity index is 544. The number of rotatable bonds is 3. The molecule has 0 spiro atoms. The van der Waals surface area contributed by atoms with Gasteiger partial charge >= 0.3 is 0 Å². The van der Waals surface area contributed by atoms with Crippen LogP contribution in [0.25, 0.3) is 0 Å². The molecular formula is C16H27N5O2. The standard InChI is InChI=1S/C16H27N5O2/c1-12(14-18-13(2)19-23-14)20-8-10-21(11-9-20)15(22)16(17)6-4-3-5-7-16/h12H,3-11,17H2,1-2H3. The summed E-state index contributed by atoms with van der Waals surface area (Å²) in [5.41, 5.74) is 5.75. The number of nitrogens with zero attached hydrogens (tertiary/aromatic N) is 4. The molecule has 1 amide bonds. The van der Waals surface area contributed by atoms with Gasteiger partial charge in [0, 0.05) is 26.2 Å². The molecule has 1 aliphatic heterocycles. The van der Waals surface area contributed by atoms with Crippen LogP contribution in [-0.2, 0) is 4.79 Å². The smallest absolute Gasteiger partial charge is 0.243 e. The van der Waals surface area contributed by atoms with Crippen LogP contribution in [0.5, 0.6) is 0 Å². The van der Waals surface area contributed by atoms with E-state index in [1.807, 2.05) is 11.8 Å². The number of carbonyl (C=O) groups excluding carboxylic acids is 1. The maximum Gasteiger partial charge on any atom is 0.243 e. The largest absolute Gasteiger partial charge is 0.339 e. The van der Waals surface area contributed by atoms with Crippen LogP contribution in [0.1, 0.15) is 56.8 Å². The van der Waals surface area contributed by atoms with Crippen molar-refractivity contribution in [2.24, 2.45) is 5.73 Å². The fourth-order valence-electron chi connectivity index (χ4n) is 3.66. The van der Waals surface area contributed by atoms with Crippen molar-refractivity contribution in [1.82, 2.24) is 19.9 Å². The monoisotopic (exact) mass is 321 g/mol. The molecule has 2 N–H and O–H groups in total. The SMILES string of the molecule is Cc1noc(C(C)N2CCN(C(=O)C3(N)CCCCC3)CC2)n1. The molecule has 1 unspecified atom stereocenters. The third-order valence-corrected chi connectivity index (χ3v) is 5.22. The molecule has 0 radical (unpaired) electrons. The van der Waals surface area contributed by atoms with Crippen molar-refractivity contribution in [1.29, 1.82) is 0 Å². The molecule has 1 saturated heterocycles. The van der Waals surface area contributed by atoms with Crippen molar-refractivity contribution >= 4 is 5.91 Å². The molecule has 7 heteroatoms. The van der Waals surface area contributed by atoms with E-state index in [4.69, 9.17) is 10.3 Å². The van der Waals surface area contributed by atoms with Gasteiger partial charge in [-0.1, -0.05) is 24.4 Å². The van der Waals surface area contributed by atoms with E-state index in [0.29, 0.717) is 11.7 Å². The van der Waals surface area contributed by atoms with Gasteiger partial charge < -0.3 is 15.2 Å². The van der Waals surface area contributed by atoms with E-state index in [1.54, 1.807) is 0 Å². The van der Waals surface area contributed by atoms with Crippen molar-refractivity contribution in [2.45, 2.75) is 57.5 Å². The molecule has 0 aromatic carbocycles. The van der Waals surface area contributed by atoms with Crippen LogP contribution in [0, 0.1) is 6.92 Å². The summed E-state index contributed by atoms with van der Waals surface area (Å²) in [6, 6.07) is 0.0787. The van der Waals surface area contributed by atoms with Gasteiger partial charge in [-0.3, -0.25) is 9.69 Å². The Morgan fingerprint density at radius 2 is 1.87 bits per heavy atom. The summed E-state index contributed by atoms with van der Waals surface area (Å²) >= 11 is 0. The summed E-state index contributed by atoms with van der Waals surface area (Å²) in [7, 11) is 0. The molecule has 23 heavy (non-hydrogen) atoms. The molecule has 0 bridgehead atoms. The lowest BCUT2D eigenvalue weighted by Gasteiger charge is -2.42. The maximum atomic E-state index is 12.8. The van der Waals surface area contributed by atoms with Crippen LogP contribution in [0.3, 0.4) is 0 Å². The van der Waals surface area contributed by atoms with Gasteiger partial charge in [0.05, 0.1) is 11.6 Å². The number of carbonyl (C=O) groups is 1. The zero-order valence-electron chi connectivity index (χ0n) is 14.1. The Labute approximate surface area is 137 Å². The van der Waals surface area contributed by atoms with Gasteiger partial charge in [0.25, 0.3) is 0 Å². The summed E-state index contributed by atoms with van der Waals surface area (Å²) in [4.78, 5) is 21.3. The molecule has 1 aromatic rings. The summed E-state index contributed by atoms with van der Waals surface area (Å²) < 4.78 is 5.26. The van der Waals surface area contributed by atoms with Crippen LogP contribution in [0.15, 0.2) is 4.52 Å². The van der Waals surface area contributed by atoms with E-state index in [0.717, 1.165) is 51.9 Å². The van der Waals surface area contributed by atoms with Gasteiger partial charge in [-0.05, 0) is 26.7 Å². The number of aromatic nitrogens is 2. The summed E-state index contributed by atoms with van der Waals surface area (Å²) in [5.74, 6) is 1.44. The highest BCUT2D eigenvalue weighted by Crippen LogP contribution is 2.28. The Kier molecular flexibility index (Phi) is 4.68. The minimum atomic E-state index is -0.629. The van der Waals surface area contributed by atoms with Crippen LogP contribution in [0.2, 0.25) is 0 Å². The zero-order chi connectivity index (χ0) is 16.4. The Morgan fingerprint density at radius 3 is 2.43 bits per heavy atom. The summed E-state index contributed by atoms with van der Waals surface area (Å²) in [6.45, 7) is 6.94. The van der Waals surface area contributed by atoms with Crippen molar-refractivity contribution < 1.29 is 9.32 Å². The van der Waals surface area contributed by atoms with Crippen LogP contribution < -0.4 is 5.73 Å². The average molecular weight is 321 g/mol. The fraction of sp³-hybridized carbons (Fsp3) is 0.812. The number of amides is 1. The number of hydrogen-bond acceptors (Lipinski definition) is 6. The second-order valence-corrected chi connectivity index (χ2v) is 6.90. The molecule has 1 aliphatic carbocycles. The number of piperazine rings is 1. The van der Waals surface area contributed by atoms with E-state index in [-0.39, 0.29) is 11.9 Å². The van der Waals surface area contributed by atoms with Crippen molar-refractivity contribution in [3.05, 3.63) is 11.7 Å². The molecule has 1 aromatic heterocycles. The number of aryl methyl sites for hydroxylation is 1. The van der Waals surface area contributed by atoms with Crippen LogP contribution in [0.4, 0.5) is 0 Å². The van der Waals surface area contributed by atoms with Gasteiger partial charge in [-0.15, -0.1) is 0 Å². The second-order valence-electron chi connectivity index (χ2n) is 6.90. The third-order valence-electron chi connectivity index (χ3n) is 5.22. The average Bonchev–Trinajstić information content (AvgIpc) is 3.01. The molecule has 2 heterocycles. The van der Waals surface area contributed by atoms with Crippen LogP contribution >= 0.6 is 0 Å². The van der Waals surface area contributed by atoms with E-state index in [9.17, 15) is 4.79 Å². The molecule has 128 valence electrons. The highest BCUT2D eigenvalue weighted by Gasteiger charge is 2.39. The molecule has 3 rings (SSSR count). The quantitative estimate of drug-likeness (QED) is 0.901. The molecule has 1 atom stereocenters. The van der Waals surface area contributed by atoms with Gasteiger partial charge in [0.15, 0.2) is 5.82 Å². The molecule has 2 fully saturated rings. The lowest BCUT2D eigenvalue weighted by atomic mass is 9.81. The van der Waals surface area contributed by atoms with Gasteiger partial charge in [-0.2, -0.15) is 4.98 Å². The lowest BCUT2D eigenvalue weighted by Crippen LogP contribution is -2.60. The first-order valence-corrected chi connectivity index (χ1v) is 8.62. The molecule has 2 aliphatic rings. The third kappa shape index (κ3) is 3.40. The molecule has 7 nitrogen and oxygen atoms in total. The number of hydrogen-bond donors (Lipinski definition) is 1. The maximum absolute atomic E-state index is 12.8. The predicted octanol–water partition coefficient (Wildman–Crippen LogP) is 1.24. The highest BCUT2D eigenvalue weighted by molar-refractivity contribution is 5.86. The Balaban J connectivity index is 1.56. The lowest BCUT2D eigenvalue weighted by molar-refractivity contribution is -0.140. The number of nitrogens with two attached hydrogens (primary N) is 1. The zero-order valence-corrected chi connectivity index (χ0v) is 14.1. The summed E-state index contributed by atoms with van der Waals surface area (Å²) in [5, 5.41) is 3.85.